The summed E-state index contributed by atoms with van der Waals surface area (Å²) < 4.78 is 7.18. The Morgan fingerprint density at radius 3 is 1.59 bits per heavy atom. The molecular formula is C90H73N4+3. The van der Waals surface area contributed by atoms with E-state index in [0.717, 1.165) is 12.8 Å². The topological polar surface area (TPSA) is 23.7 Å². The smallest absolute Gasteiger partial charge is 0.214 e. The molecule has 3 aromatic heterocycles. The highest BCUT2D eigenvalue weighted by Gasteiger charge is 2.49. The van der Waals surface area contributed by atoms with Crippen LogP contribution in [0.3, 0.4) is 0 Å². The average Bonchev–Trinajstić information content (AvgIpc) is 1.52. The molecule has 0 amide bonds. The molecule has 6 aliphatic carbocycles. The third-order valence-corrected chi connectivity index (χ3v) is 22.0. The minimum Gasteiger partial charge on any atom is -0.260 e. The van der Waals surface area contributed by atoms with Gasteiger partial charge in [-0.3, -0.25) is 4.98 Å². The van der Waals surface area contributed by atoms with E-state index in [1.54, 1.807) is 0 Å². The summed E-state index contributed by atoms with van der Waals surface area (Å²) in [6, 6.07) is 78.6. The van der Waals surface area contributed by atoms with Crippen molar-refractivity contribution in [1.29, 1.82) is 0 Å². The summed E-state index contributed by atoms with van der Waals surface area (Å²) in [4.78, 5) is 4.68. The number of benzene rings is 10. The zero-order chi connectivity index (χ0) is 63.6. The molecule has 20 rings (SSSR count). The van der Waals surface area contributed by atoms with E-state index in [1.807, 2.05) is 12.3 Å². The van der Waals surface area contributed by atoms with Crippen LogP contribution in [0.15, 0.2) is 249 Å². The number of aromatic nitrogens is 3. The van der Waals surface area contributed by atoms with Crippen molar-refractivity contribution in [1.82, 2.24) is 4.98 Å². The number of aryl methyl sites for hydroxylation is 5. The van der Waals surface area contributed by atoms with Crippen LogP contribution in [0.4, 0.5) is 0 Å². The van der Waals surface area contributed by atoms with E-state index >= 15 is 0 Å². The molecule has 7 aliphatic rings. The van der Waals surface area contributed by atoms with Gasteiger partial charge in [0.05, 0.1) is 33.5 Å². The first-order chi connectivity index (χ1) is 45.8. The Labute approximate surface area is 551 Å². The summed E-state index contributed by atoms with van der Waals surface area (Å²) in [5, 5.41) is 5.49. The van der Waals surface area contributed by atoms with E-state index in [9.17, 15) is 0 Å². The monoisotopic (exact) mass is 1210 g/mol. The molecule has 0 radical (unpaired) electrons. The lowest BCUT2D eigenvalue weighted by Crippen LogP contribution is -2.32. The van der Waals surface area contributed by atoms with E-state index in [-0.39, 0.29) is 5.41 Å². The molecule has 10 aromatic carbocycles. The fourth-order valence-corrected chi connectivity index (χ4v) is 17.8. The highest BCUT2D eigenvalue weighted by molar-refractivity contribution is 6.16. The lowest BCUT2D eigenvalue weighted by Gasteiger charge is -2.29. The predicted molar refractivity (Wildman–Crippen MR) is 389 cm³/mol. The van der Waals surface area contributed by atoms with Gasteiger partial charge in [-0.25, -0.2) is 4.58 Å². The molecule has 13 aromatic rings. The van der Waals surface area contributed by atoms with E-state index in [2.05, 4.69) is 312 Å². The Morgan fingerprint density at radius 2 is 0.957 bits per heavy atom. The maximum absolute atomic E-state index is 4.68. The first-order valence-corrected chi connectivity index (χ1v) is 33.5. The van der Waals surface area contributed by atoms with Crippen molar-refractivity contribution in [2.75, 3.05) is 7.05 Å². The second kappa shape index (κ2) is 20.9. The van der Waals surface area contributed by atoms with Crippen molar-refractivity contribution in [2.24, 2.45) is 20.0 Å². The van der Waals surface area contributed by atoms with Gasteiger partial charge < -0.3 is 0 Å². The van der Waals surface area contributed by atoms with Gasteiger partial charge in [0.25, 0.3) is 0 Å². The highest BCUT2D eigenvalue weighted by Crippen LogP contribution is 2.56. The quantitative estimate of drug-likeness (QED) is 0.162. The van der Waals surface area contributed by atoms with Gasteiger partial charge in [0.15, 0.2) is 11.9 Å². The van der Waals surface area contributed by atoms with E-state index in [1.165, 1.54) is 200 Å². The minimum absolute atomic E-state index is 0.0725. The van der Waals surface area contributed by atoms with Gasteiger partial charge in [-0.2, -0.15) is 9.13 Å². The van der Waals surface area contributed by atoms with Crippen LogP contribution in [0.2, 0.25) is 0 Å². The number of hydrogen-bond donors (Lipinski definition) is 0. The molecule has 0 bridgehead atoms. The number of rotatable bonds is 3. The Kier molecular flexibility index (Phi) is 12.5. The maximum atomic E-state index is 4.68. The molecule has 2 unspecified atom stereocenters. The van der Waals surface area contributed by atoms with E-state index in [4.69, 9.17) is 0 Å². The van der Waals surface area contributed by atoms with Gasteiger partial charge in [-0.15, -0.1) is 0 Å². The van der Waals surface area contributed by atoms with Crippen LogP contribution in [-0.4, -0.2) is 22.3 Å². The first-order valence-electron chi connectivity index (χ1n) is 33.5. The van der Waals surface area contributed by atoms with Crippen molar-refractivity contribution >= 4 is 43.9 Å². The Morgan fingerprint density at radius 1 is 0.436 bits per heavy atom. The van der Waals surface area contributed by atoms with Crippen molar-refractivity contribution in [3.05, 3.63) is 310 Å². The number of hydrogen-bond acceptors (Lipinski definition) is 1. The Balaban J connectivity index is 0.000000103. The minimum atomic E-state index is 0.0725. The summed E-state index contributed by atoms with van der Waals surface area (Å²) in [5.41, 5.74) is 43.7. The van der Waals surface area contributed by atoms with Crippen LogP contribution in [-0.2, 0) is 32.4 Å². The van der Waals surface area contributed by atoms with Crippen LogP contribution >= 0.6 is 0 Å². The number of nitrogens with zero attached hydrogens (tertiary/aromatic N) is 4. The van der Waals surface area contributed by atoms with Crippen LogP contribution in [0.1, 0.15) is 88.0 Å². The normalized spacial score (nSPS) is 15.7. The third-order valence-electron chi connectivity index (χ3n) is 22.0. The van der Waals surface area contributed by atoms with Gasteiger partial charge in [0.1, 0.15) is 21.1 Å². The van der Waals surface area contributed by atoms with Crippen LogP contribution in [0.25, 0.3) is 127 Å². The van der Waals surface area contributed by atoms with Crippen LogP contribution in [0.5, 0.6) is 0 Å². The SMILES string of the molecule is Cc1c(C2=[N+](C)C=C3C=CC=C4c5ccccc5C2C34)cc(C(C)(C)C)c2ccccc12.Cc1ccc2c(c1-c1cc3c4c(cccc4[n+]1C)-c1ccccc1-3)Cc1ccccc1-2.Cc1ccc2c(c1-c1cc3c4c(cccc4[n+]1C)-c1ccccc1-3)Cc1ncccc1-2. The summed E-state index contributed by atoms with van der Waals surface area (Å²) in [5.74, 6) is 0.757. The Hall–Kier alpha value is -10.7. The molecule has 2 atom stereocenters. The molecule has 450 valence electrons. The van der Waals surface area contributed by atoms with Crippen molar-refractivity contribution < 1.29 is 13.7 Å². The molecule has 0 saturated carbocycles. The third kappa shape index (κ3) is 8.18. The molecule has 94 heavy (non-hydrogen) atoms. The van der Waals surface area contributed by atoms with Gasteiger partial charge in [-0.1, -0.05) is 215 Å². The maximum Gasteiger partial charge on any atom is 0.214 e. The highest BCUT2D eigenvalue weighted by atomic mass is 15.0. The molecule has 1 aliphatic heterocycles. The van der Waals surface area contributed by atoms with Gasteiger partial charge in [0, 0.05) is 70.6 Å². The molecule has 0 saturated heterocycles. The average molecular weight is 1210 g/mol. The number of fused-ring (bicyclic) bond motifs is 16. The summed E-state index contributed by atoms with van der Waals surface area (Å²) in [6.45, 7) is 13.8. The van der Waals surface area contributed by atoms with Crippen molar-refractivity contribution in [2.45, 2.75) is 65.7 Å². The zero-order valence-corrected chi connectivity index (χ0v) is 55.0. The molecule has 4 heteroatoms. The van der Waals surface area contributed by atoms with Gasteiger partial charge >= 0.3 is 0 Å². The number of pyridine rings is 3. The molecule has 4 nitrogen and oxygen atoms in total. The zero-order valence-electron chi connectivity index (χ0n) is 55.0. The van der Waals surface area contributed by atoms with Gasteiger partial charge in [0.2, 0.25) is 22.4 Å². The molecule has 4 heterocycles. The van der Waals surface area contributed by atoms with Crippen LogP contribution < -0.4 is 9.13 Å². The number of allylic oxidation sites excluding steroid dienone is 5. The summed E-state index contributed by atoms with van der Waals surface area (Å²) in [6.07, 6.45) is 13.0. The largest absolute Gasteiger partial charge is 0.260 e. The molecular weight excluding hydrogens is 1140 g/mol. The fraction of sp³-hybridized carbons (Fsp3) is 0.156. The summed E-state index contributed by atoms with van der Waals surface area (Å²) in [7, 11) is 6.67. The van der Waals surface area contributed by atoms with Gasteiger partial charge in [-0.05, 0) is 161 Å². The van der Waals surface area contributed by atoms with Crippen LogP contribution in [0, 0.1) is 26.7 Å². The van der Waals surface area contributed by atoms with Crippen molar-refractivity contribution in [3.8, 4) is 89.3 Å². The molecule has 0 fully saturated rings. The van der Waals surface area contributed by atoms with E-state index < -0.39 is 0 Å². The van der Waals surface area contributed by atoms with E-state index in [0.29, 0.717) is 11.8 Å². The predicted octanol–water partition coefficient (Wildman–Crippen LogP) is 20.3. The lowest BCUT2D eigenvalue weighted by molar-refractivity contribution is -0.633. The first kappa shape index (κ1) is 56.1. The second-order valence-corrected chi connectivity index (χ2v) is 28.1. The standard InChI is InChI=1S/C31H30N.C30H22N.C29H21N2/c1-19-21-12-6-8-14-23(21)27(31(2,3)4)17-26(19)30-29-25-15-9-7-13-22(25)24-16-10-11-20(28(24)29)18-32(30)5;1-18-14-15-23-20-9-4-3-8-19(20)16-25(23)29(18)28-17-26-22-11-6-5-10-21(22)24-12-7-13-27(30(24)26)31(28)2;1-17-12-13-20-21-10-6-14-30-25(21)15-23(20)28(17)27-16-24-19-8-4-3-7-18(19)22-9-5-11-26(29(22)24)31(27)2/h6-18,28-29H,1-5H3;3-15,17H,16H2,1-2H3;3-14,16H,15H2,1-2H3/q3*+1. The van der Waals surface area contributed by atoms with Crippen molar-refractivity contribution in [3.63, 3.8) is 0 Å². The lowest BCUT2D eigenvalue weighted by atomic mass is 9.73. The molecule has 0 N–H and O–H groups in total. The Bertz CT molecular complexity index is 5440. The second-order valence-electron chi connectivity index (χ2n) is 28.1. The molecule has 0 spiro atoms. The summed E-state index contributed by atoms with van der Waals surface area (Å²) >= 11 is 0. The fourth-order valence-electron chi connectivity index (χ4n) is 17.8.